The molecule has 0 saturated carbocycles. The summed E-state index contributed by atoms with van der Waals surface area (Å²) in [5.74, 6) is -0.0261. The van der Waals surface area contributed by atoms with Gasteiger partial charge in [0.2, 0.25) is 0 Å². The second kappa shape index (κ2) is 19.1. The number of hydrogen-bond acceptors (Lipinski definition) is 13. The predicted octanol–water partition coefficient (Wildman–Crippen LogP) is 6.24. The molecule has 15 heteroatoms. The Balaban J connectivity index is 0.000000252. The molecule has 49 heavy (non-hydrogen) atoms. The molecule has 1 N–H and O–H groups in total. The van der Waals surface area contributed by atoms with Gasteiger partial charge in [-0.2, -0.15) is 0 Å². The third-order valence-electron chi connectivity index (χ3n) is 5.96. The fourth-order valence-electron chi connectivity index (χ4n) is 3.71. The number of furan rings is 3. The summed E-state index contributed by atoms with van der Waals surface area (Å²) in [5, 5.41) is 7.07. The van der Waals surface area contributed by atoms with Gasteiger partial charge < -0.3 is 27.8 Å². The van der Waals surface area contributed by atoms with Crippen LogP contribution in [0, 0.1) is 0 Å². The van der Waals surface area contributed by atoms with Crippen LogP contribution in [0.15, 0.2) is 98.2 Å². The zero-order valence-corrected chi connectivity index (χ0v) is 26.6. The zero-order chi connectivity index (χ0) is 35.8. The molecule has 5 aromatic rings. The Kier molecular flexibility index (Phi) is 14.6. The van der Waals surface area contributed by atoms with Crippen LogP contribution < -0.4 is 0 Å². The highest BCUT2D eigenvalue weighted by molar-refractivity contribution is 6.71. The summed E-state index contributed by atoms with van der Waals surface area (Å²) in [6.07, 6.45) is 1.67. The average Bonchev–Trinajstić information content (AvgIpc) is 3.91. The Morgan fingerprint density at radius 1 is 0.531 bits per heavy atom. The van der Waals surface area contributed by atoms with Gasteiger partial charge in [-0.15, -0.1) is 0 Å². The van der Waals surface area contributed by atoms with Crippen LogP contribution in [0.1, 0.15) is 90.4 Å². The number of hydrogen-bond donors (Lipinski definition) is 1. The third kappa shape index (κ3) is 11.4. The second-order valence-electron chi connectivity index (χ2n) is 9.21. The zero-order valence-electron chi connectivity index (χ0n) is 25.0. The van der Waals surface area contributed by atoms with E-state index in [4.69, 9.17) is 51.0 Å². The first-order valence-corrected chi connectivity index (χ1v) is 14.5. The number of aliphatic hydroxyl groups is 1. The molecule has 252 valence electrons. The highest BCUT2D eigenvalue weighted by Gasteiger charge is 2.20. The van der Waals surface area contributed by atoms with Gasteiger partial charge in [-0.3, -0.25) is 24.0 Å². The molecular weight excluding hydrogens is 687 g/mol. The number of esters is 2. The Hall–Kier alpha value is -5.89. The van der Waals surface area contributed by atoms with E-state index in [2.05, 4.69) is 0 Å². The van der Waals surface area contributed by atoms with Gasteiger partial charge in [0.05, 0.1) is 11.1 Å². The molecule has 0 spiro atoms. The number of rotatable bonds is 12. The molecule has 13 nitrogen and oxygen atoms in total. The molecule has 0 amide bonds. The van der Waals surface area contributed by atoms with Crippen LogP contribution in [0.3, 0.4) is 0 Å². The maximum absolute atomic E-state index is 12.3. The van der Waals surface area contributed by atoms with E-state index >= 15 is 0 Å². The SMILES string of the molecule is O=C(Cl)c1ccccc1C(=O)Cl.O=Cc1ccc(CO)o1.O=Cc1ccc(COC(=O)c2ccccc2C(=O)OCc2ccc(C=O)o2)o1. The molecule has 0 aliphatic carbocycles. The van der Waals surface area contributed by atoms with Gasteiger partial charge in [0.25, 0.3) is 10.5 Å². The van der Waals surface area contributed by atoms with Crippen molar-refractivity contribution in [3.63, 3.8) is 0 Å². The molecular formula is C34H24Cl2O13. The van der Waals surface area contributed by atoms with Gasteiger partial charge in [-0.05, 0) is 83.9 Å². The van der Waals surface area contributed by atoms with Crippen LogP contribution in [0.25, 0.3) is 0 Å². The van der Waals surface area contributed by atoms with Crippen molar-refractivity contribution in [3.8, 4) is 0 Å². The van der Waals surface area contributed by atoms with Crippen LogP contribution >= 0.6 is 23.2 Å². The predicted molar refractivity (Wildman–Crippen MR) is 170 cm³/mol. The summed E-state index contributed by atoms with van der Waals surface area (Å²) in [6.45, 7) is -0.554. The molecule has 0 atom stereocenters. The van der Waals surface area contributed by atoms with Crippen molar-refractivity contribution >= 4 is 64.5 Å². The lowest BCUT2D eigenvalue weighted by molar-refractivity contribution is 0.0398. The van der Waals surface area contributed by atoms with Gasteiger partial charge in [0.15, 0.2) is 36.1 Å². The largest absolute Gasteiger partial charge is 0.456 e. The van der Waals surface area contributed by atoms with Gasteiger partial charge in [-0.25, -0.2) is 9.59 Å². The van der Waals surface area contributed by atoms with Crippen LogP contribution in [0.2, 0.25) is 0 Å². The van der Waals surface area contributed by atoms with E-state index in [0.29, 0.717) is 36.1 Å². The molecule has 3 heterocycles. The van der Waals surface area contributed by atoms with Gasteiger partial charge in [0, 0.05) is 11.1 Å². The summed E-state index contributed by atoms with van der Waals surface area (Å²) in [4.78, 5) is 77.3. The summed E-state index contributed by atoms with van der Waals surface area (Å²) in [7, 11) is 0. The van der Waals surface area contributed by atoms with Gasteiger partial charge >= 0.3 is 11.9 Å². The van der Waals surface area contributed by atoms with Crippen LogP contribution in [0.4, 0.5) is 0 Å². The van der Waals surface area contributed by atoms with E-state index in [-0.39, 0.29) is 59.4 Å². The average molecular weight is 711 g/mol. The Morgan fingerprint density at radius 2 is 0.857 bits per heavy atom. The van der Waals surface area contributed by atoms with Crippen molar-refractivity contribution in [3.05, 3.63) is 142 Å². The normalized spacial score (nSPS) is 9.94. The lowest BCUT2D eigenvalue weighted by Gasteiger charge is -2.08. The summed E-state index contributed by atoms with van der Waals surface area (Å²) >= 11 is 10.4. The standard InChI is InChI=1S/C20H14O8.C8H4Cl2O2.C6H6O3/c21-9-13-5-7-15(27-13)11-25-19(23)17-3-1-2-4-18(17)20(24)26-12-16-8-6-14(10-22)28-16;9-7(11)5-3-1-2-4-6(5)8(10)12;7-3-5-1-2-6(4-8)9-5/h1-10H,11-12H2;1-4H;1-3,8H,4H2. The topological polar surface area (TPSA) is 198 Å². The van der Waals surface area contributed by atoms with Gasteiger partial charge in [-0.1, -0.05) is 24.3 Å². The first kappa shape index (κ1) is 37.6. The minimum atomic E-state index is -0.752. The van der Waals surface area contributed by atoms with E-state index in [9.17, 15) is 33.6 Å². The van der Waals surface area contributed by atoms with E-state index in [0.717, 1.165) is 0 Å². The highest BCUT2D eigenvalue weighted by atomic mass is 35.5. The lowest BCUT2D eigenvalue weighted by atomic mass is 10.1. The molecule has 0 radical (unpaired) electrons. The van der Waals surface area contributed by atoms with Crippen molar-refractivity contribution in [2.45, 2.75) is 19.8 Å². The second-order valence-corrected chi connectivity index (χ2v) is 9.90. The molecule has 0 aliphatic heterocycles. The molecule has 5 rings (SSSR count). The van der Waals surface area contributed by atoms with E-state index in [1.807, 2.05) is 0 Å². The quantitative estimate of drug-likeness (QED) is 0.0868. The first-order valence-electron chi connectivity index (χ1n) is 13.7. The minimum Gasteiger partial charge on any atom is -0.456 e. The Morgan fingerprint density at radius 3 is 1.14 bits per heavy atom. The van der Waals surface area contributed by atoms with E-state index in [1.54, 1.807) is 30.3 Å². The summed E-state index contributed by atoms with van der Waals surface area (Å²) < 4.78 is 25.3. The van der Waals surface area contributed by atoms with Crippen molar-refractivity contribution in [1.82, 2.24) is 0 Å². The Bertz CT molecular complexity index is 1820. The molecule has 0 fully saturated rings. The smallest absolute Gasteiger partial charge is 0.339 e. The molecule has 0 aliphatic rings. The number of aliphatic hydroxyl groups excluding tert-OH is 1. The van der Waals surface area contributed by atoms with Crippen molar-refractivity contribution < 1.29 is 61.4 Å². The molecule has 0 unspecified atom stereocenters. The maximum atomic E-state index is 12.3. The van der Waals surface area contributed by atoms with Crippen LogP contribution in [0.5, 0.6) is 0 Å². The molecule has 3 aromatic heterocycles. The van der Waals surface area contributed by atoms with E-state index in [1.165, 1.54) is 54.6 Å². The van der Waals surface area contributed by atoms with Crippen LogP contribution in [-0.4, -0.2) is 46.4 Å². The number of benzene rings is 2. The highest BCUT2D eigenvalue weighted by Crippen LogP contribution is 2.16. The minimum absolute atomic E-state index is 0.0164. The Labute approximate surface area is 286 Å². The van der Waals surface area contributed by atoms with Crippen LogP contribution in [-0.2, 0) is 29.3 Å². The number of aldehydes is 3. The summed E-state index contributed by atoms with van der Waals surface area (Å²) in [5.41, 5.74) is 0.309. The fraction of sp³-hybridized carbons (Fsp3) is 0.0882. The molecule has 2 aromatic carbocycles. The third-order valence-corrected chi connectivity index (χ3v) is 6.37. The molecule has 0 saturated heterocycles. The van der Waals surface area contributed by atoms with Crippen molar-refractivity contribution in [2.75, 3.05) is 0 Å². The number of carbonyl (C=O) groups excluding carboxylic acids is 7. The molecule has 0 bridgehead atoms. The fourth-order valence-corrected chi connectivity index (χ4v) is 4.04. The van der Waals surface area contributed by atoms with E-state index < -0.39 is 22.4 Å². The lowest BCUT2D eigenvalue weighted by Crippen LogP contribution is -2.13. The van der Waals surface area contributed by atoms with Crippen molar-refractivity contribution in [2.24, 2.45) is 0 Å². The first-order chi connectivity index (χ1) is 23.6. The summed E-state index contributed by atoms with van der Waals surface area (Å²) in [6, 6.07) is 21.1. The monoisotopic (exact) mass is 710 g/mol. The maximum Gasteiger partial charge on any atom is 0.339 e. The van der Waals surface area contributed by atoms with Gasteiger partial charge in [0.1, 0.15) is 37.1 Å². The number of halogens is 2. The van der Waals surface area contributed by atoms with Crippen molar-refractivity contribution in [1.29, 1.82) is 0 Å². The number of carbonyl (C=O) groups is 7. The number of ether oxygens (including phenoxy) is 2.